The molecule has 2 amide bonds. The van der Waals surface area contributed by atoms with Gasteiger partial charge in [-0.15, -0.1) is 0 Å². The molecular formula is C27H37N3O3. The predicted octanol–water partition coefficient (Wildman–Crippen LogP) is 4.92. The SMILES string of the molecule is Cc1ccc(N(C(=O)c2ccco2)C2CCN(CCC3(CC(N)=O)CCCCC3)CC2)cc1. The standard InChI is InChI=1S/C27H37N3O3/c1-21-7-9-22(10-8-21)30(26(32)24-6-5-19-33-24)23-11-16-29(17-12-23)18-15-27(20-25(28)31)13-3-2-4-14-27/h5-10,19,23H,2-4,11-18,20H2,1H3,(H2,28,31). The van der Waals surface area contributed by atoms with Crippen molar-refractivity contribution in [2.24, 2.45) is 11.1 Å². The fraction of sp³-hybridized carbons (Fsp3) is 0.556. The number of anilines is 1. The number of amides is 2. The minimum atomic E-state index is -0.166. The summed E-state index contributed by atoms with van der Waals surface area (Å²) in [6, 6.07) is 11.8. The third-order valence-corrected chi connectivity index (χ3v) is 7.61. The van der Waals surface area contributed by atoms with Crippen LogP contribution in [0.3, 0.4) is 0 Å². The second kappa shape index (κ2) is 10.6. The van der Waals surface area contributed by atoms with E-state index in [-0.39, 0.29) is 23.3 Å². The van der Waals surface area contributed by atoms with Gasteiger partial charge in [0.05, 0.1) is 6.26 Å². The van der Waals surface area contributed by atoms with Gasteiger partial charge < -0.3 is 20.0 Å². The summed E-state index contributed by atoms with van der Waals surface area (Å²) >= 11 is 0. The summed E-state index contributed by atoms with van der Waals surface area (Å²) < 4.78 is 5.44. The van der Waals surface area contributed by atoms with Crippen LogP contribution >= 0.6 is 0 Å². The summed E-state index contributed by atoms with van der Waals surface area (Å²) in [4.78, 5) is 29.5. The van der Waals surface area contributed by atoms with Gasteiger partial charge in [-0.05, 0) is 75.3 Å². The number of hydrogen-bond donors (Lipinski definition) is 1. The largest absolute Gasteiger partial charge is 0.459 e. The van der Waals surface area contributed by atoms with Crippen molar-refractivity contribution in [2.45, 2.75) is 70.8 Å². The van der Waals surface area contributed by atoms with Gasteiger partial charge in [0.15, 0.2) is 5.76 Å². The molecule has 2 aromatic rings. The Morgan fingerprint density at radius 2 is 1.79 bits per heavy atom. The van der Waals surface area contributed by atoms with Crippen molar-refractivity contribution in [3.63, 3.8) is 0 Å². The van der Waals surface area contributed by atoms with Crippen molar-refractivity contribution in [3.05, 3.63) is 54.0 Å². The highest BCUT2D eigenvalue weighted by Gasteiger charge is 2.35. The number of furan rings is 1. The lowest BCUT2D eigenvalue weighted by atomic mass is 9.69. The number of benzene rings is 1. The Labute approximate surface area is 197 Å². The van der Waals surface area contributed by atoms with E-state index >= 15 is 0 Å². The molecule has 0 bridgehead atoms. The molecule has 1 saturated carbocycles. The van der Waals surface area contributed by atoms with Gasteiger partial charge in [-0.1, -0.05) is 37.0 Å². The number of rotatable bonds is 8. The molecular weight excluding hydrogens is 414 g/mol. The average molecular weight is 452 g/mol. The van der Waals surface area contributed by atoms with Crippen LogP contribution in [-0.2, 0) is 4.79 Å². The third-order valence-electron chi connectivity index (χ3n) is 7.61. The number of carbonyl (C=O) groups excluding carboxylic acids is 2. The number of primary amides is 1. The molecule has 2 fully saturated rings. The first-order valence-corrected chi connectivity index (χ1v) is 12.4. The van der Waals surface area contributed by atoms with E-state index in [2.05, 4.69) is 24.0 Å². The minimum Gasteiger partial charge on any atom is -0.459 e. The molecule has 0 unspecified atom stereocenters. The van der Waals surface area contributed by atoms with Crippen molar-refractivity contribution in [1.29, 1.82) is 0 Å². The lowest BCUT2D eigenvalue weighted by Crippen LogP contribution is -2.48. The van der Waals surface area contributed by atoms with Crippen molar-refractivity contribution in [3.8, 4) is 0 Å². The van der Waals surface area contributed by atoms with E-state index in [0.717, 1.165) is 57.4 Å². The van der Waals surface area contributed by atoms with Gasteiger partial charge in [-0.25, -0.2) is 0 Å². The van der Waals surface area contributed by atoms with Crippen LogP contribution in [0.4, 0.5) is 5.69 Å². The van der Waals surface area contributed by atoms with Crippen LogP contribution in [0.15, 0.2) is 47.1 Å². The summed E-state index contributed by atoms with van der Waals surface area (Å²) in [5.41, 5.74) is 7.78. The monoisotopic (exact) mass is 451 g/mol. The maximum Gasteiger partial charge on any atom is 0.294 e. The van der Waals surface area contributed by atoms with Crippen LogP contribution in [0.25, 0.3) is 0 Å². The van der Waals surface area contributed by atoms with E-state index in [4.69, 9.17) is 10.2 Å². The van der Waals surface area contributed by atoms with Crippen molar-refractivity contribution < 1.29 is 14.0 Å². The Morgan fingerprint density at radius 1 is 1.09 bits per heavy atom. The number of carbonyl (C=O) groups is 2. The van der Waals surface area contributed by atoms with E-state index < -0.39 is 0 Å². The molecule has 1 aliphatic heterocycles. The molecule has 0 spiro atoms. The Hall–Kier alpha value is -2.60. The zero-order chi connectivity index (χ0) is 23.3. The summed E-state index contributed by atoms with van der Waals surface area (Å²) in [5.74, 6) is 0.134. The molecule has 6 nitrogen and oxygen atoms in total. The molecule has 33 heavy (non-hydrogen) atoms. The number of piperidine rings is 1. The number of hydrogen-bond acceptors (Lipinski definition) is 4. The smallest absolute Gasteiger partial charge is 0.294 e. The van der Waals surface area contributed by atoms with Gasteiger partial charge in [-0.2, -0.15) is 0 Å². The highest BCUT2D eigenvalue weighted by atomic mass is 16.3. The second-order valence-corrected chi connectivity index (χ2v) is 10.0. The van der Waals surface area contributed by atoms with Gasteiger partial charge in [0, 0.05) is 31.2 Å². The highest BCUT2D eigenvalue weighted by Crippen LogP contribution is 2.42. The molecule has 2 N–H and O–H groups in total. The van der Waals surface area contributed by atoms with Crippen LogP contribution in [0.1, 0.15) is 73.9 Å². The molecule has 2 heterocycles. The van der Waals surface area contributed by atoms with Crippen LogP contribution in [0.2, 0.25) is 0 Å². The lowest BCUT2D eigenvalue weighted by Gasteiger charge is -2.41. The van der Waals surface area contributed by atoms with E-state index in [0.29, 0.717) is 12.2 Å². The van der Waals surface area contributed by atoms with Crippen LogP contribution in [0.5, 0.6) is 0 Å². The maximum absolute atomic E-state index is 13.3. The first-order chi connectivity index (χ1) is 16.0. The Morgan fingerprint density at radius 3 is 2.39 bits per heavy atom. The lowest BCUT2D eigenvalue weighted by molar-refractivity contribution is -0.121. The Bertz CT molecular complexity index is 909. The second-order valence-electron chi connectivity index (χ2n) is 10.0. The predicted molar refractivity (Wildman–Crippen MR) is 130 cm³/mol. The van der Waals surface area contributed by atoms with E-state index in [1.807, 2.05) is 17.0 Å². The number of nitrogens with zero attached hydrogens (tertiary/aromatic N) is 2. The minimum absolute atomic E-state index is 0.0788. The van der Waals surface area contributed by atoms with E-state index in [1.54, 1.807) is 18.4 Å². The zero-order valence-electron chi connectivity index (χ0n) is 19.8. The van der Waals surface area contributed by atoms with Crippen molar-refractivity contribution in [2.75, 3.05) is 24.5 Å². The molecule has 1 aromatic carbocycles. The molecule has 1 aliphatic carbocycles. The number of likely N-dealkylation sites (tertiary alicyclic amines) is 1. The van der Waals surface area contributed by atoms with Crippen molar-refractivity contribution >= 4 is 17.5 Å². The number of aryl methyl sites for hydroxylation is 1. The molecule has 178 valence electrons. The van der Waals surface area contributed by atoms with Crippen LogP contribution in [0, 0.1) is 12.3 Å². The molecule has 1 saturated heterocycles. The topological polar surface area (TPSA) is 79.8 Å². The van der Waals surface area contributed by atoms with Gasteiger partial charge in [0.1, 0.15) is 0 Å². The van der Waals surface area contributed by atoms with Crippen LogP contribution < -0.4 is 10.6 Å². The van der Waals surface area contributed by atoms with Crippen LogP contribution in [-0.4, -0.2) is 42.4 Å². The maximum atomic E-state index is 13.3. The molecule has 2 aliphatic rings. The summed E-state index contributed by atoms with van der Waals surface area (Å²) in [5, 5.41) is 0. The van der Waals surface area contributed by atoms with E-state index in [9.17, 15) is 9.59 Å². The molecule has 4 rings (SSSR count). The molecule has 6 heteroatoms. The zero-order valence-corrected chi connectivity index (χ0v) is 19.8. The first kappa shape index (κ1) is 23.6. The van der Waals surface area contributed by atoms with Gasteiger partial charge in [0.25, 0.3) is 5.91 Å². The number of nitrogens with two attached hydrogens (primary N) is 1. The summed E-state index contributed by atoms with van der Waals surface area (Å²) in [7, 11) is 0. The summed E-state index contributed by atoms with van der Waals surface area (Å²) in [6.07, 6.45) is 10.9. The van der Waals surface area contributed by atoms with Gasteiger partial charge in [-0.3, -0.25) is 9.59 Å². The van der Waals surface area contributed by atoms with E-state index in [1.165, 1.54) is 24.8 Å². The van der Waals surface area contributed by atoms with Gasteiger partial charge >= 0.3 is 0 Å². The Balaban J connectivity index is 1.40. The quantitative estimate of drug-likeness (QED) is 0.618. The van der Waals surface area contributed by atoms with Crippen molar-refractivity contribution in [1.82, 2.24) is 4.90 Å². The molecule has 1 aromatic heterocycles. The summed E-state index contributed by atoms with van der Waals surface area (Å²) in [6.45, 7) is 4.95. The molecule has 0 radical (unpaired) electrons. The highest BCUT2D eigenvalue weighted by molar-refractivity contribution is 6.04. The average Bonchev–Trinajstić information content (AvgIpc) is 3.35. The third kappa shape index (κ3) is 5.85. The fourth-order valence-electron chi connectivity index (χ4n) is 5.70. The first-order valence-electron chi connectivity index (χ1n) is 12.4. The molecule has 0 atom stereocenters. The Kier molecular flexibility index (Phi) is 7.53. The normalized spacial score (nSPS) is 19.3. The van der Waals surface area contributed by atoms with Gasteiger partial charge in [0.2, 0.25) is 5.91 Å². The fourth-order valence-corrected chi connectivity index (χ4v) is 5.70.